The molecule has 0 aliphatic carbocycles. The van der Waals surface area contributed by atoms with Gasteiger partial charge in [0, 0.05) is 37.4 Å². The molecule has 0 spiro atoms. The minimum atomic E-state index is -0.00581. The summed E-state index contributed by atoms with van der Waals surface area (Å²) < 4.78 is 18.7. The molecule has 2 aliphatic rings. The van der Waals surface area contributed by atoms with E-state index in [1.165, 1.54) is 5.56 Å². The molecule has 1 N–H and O–H groups in total. The zero-order valence-electron chi connectivity index (χ0n) is 15.2. The molecule has 1 atom stereocenters. The number of fused-ring (bicyclic) bond motifs is 3. The van der Waals surface area contributed by atoms with E-state index in [0.717, 1.165) is 61.8 Å². The third-order valence-corrected chi connectivity index (χ3v) is 5.16. The molecule has 4 rings (SSSR count). The Bertz CT molecular complexity index is 869. The van der Waals surface area contributed by atoms with Crippen molar-refractivity contribution in [3.8, 4) is 22.8 Å². The summed E-state index contributed by atoms with van der Waals surface area (Å²) in [7, 11) is 3.26. The van der Waals surface area contributed by atoms with Gasteiger partial charge in [0.2, 0.25) is 0 Å². The Hall–Kier alpha value is -2.47. The van der Waals surface area contributed by atoms with E-state index in [0.29, 0.717) is 5.75 Å². The van der Waals surface area contributed by atoms with E-state index in [1.54, 1.807) is 26.4 Å². The Kier molecular flexibility index (Phi) is 4.59. The molecule has 2 aliphatic heterocycles. The van der Waals surface area contributed by atoms with Crippen LogP contribution in [-0.2, 0) is 17.7 Å². The van der Waals surface area contributed by atoms with Gasteiger partial charge in [-0.2, -0.15) is 0 Å². The van der Waals surface area contributed by atoms with Crippen LogP contribution >= 0.6 is 0 Å². The van der Waals surface area contributed by atoms with Gasteiger partial charge < -0.3 is 24.1 Å². The van der Waals surface area contributed by atoms with Gasteiger partial charge in [-0.05, 0) is 37.0 Å². The van der Waals surface area contributed by atoms with Crippen molar-refractivity contribution in [3.63, 3.8) is 0 Å². The van der Waals surface area contributed by atoms with Gasteiger partial charge in [0.15, 0.2) is 16.9 Å². The SMILES string of the molecule is COc1cc2c(cc1OC)-c1cc(=O)cc(NCC3CCCO3)n1CC2. The van der Waals surface area contributed by atoms with E-state index >= 15 is 0 Å². The Morgan fingerprint density at radius 3 is 2.73 bits per heavy atom. The zero-order valence-corrected chi connectivity index (χ0v) is 15.2. The van der Waals surface area contributed by atoms with Crippen LogP contribution in [0, 0.1) is 0 Å². The summed E-state index contributed by atoms with van der Waals surface area (Å²) in [5.41, 5.74) is 3.09. The van der Waals surface area contributed by atoms with Gasteiger partial charge in [0.25, 0.3) is 0 Å². The van der Waals surface area contributed by atoms with E-state index in [1.807, 2.05) is 12.1 Å². The van der Waals surface area contributed by atoms with E-state index in [-0.39, 0.29) is 11.5 Å². The monoisotopic (exact) mass is 356 g/mol. The van der Waals surface area contributed by atoms with Gasteiger partial charge in [0.05, 0.1) is 26.0 Å². The van der Waals surface area contributed by atoms with Gasteiger partial charge in [-0.3, -0.25) is 4.79 Å². The third-order valence-electron chi connectivity index (χ3n) is 5.16. The molecule has 6 heteroatoms. The number of pyridine rings is 1. The number of ether oxygens (including phenoxy) is 3. The van der Waals surface area contributed by atoms with Gasteiger partial charge in [-0.1, -0.05) is 0 Å². The molecule has 0 radical (unpaired) electrons. The van der Waals surface area contributed by atoms with E-state index in [2.05, 4.69) is 9.88 Å². The van der Waals surface area contributed by atoms with Crippen LogP contribution < -0.4 is 20.2 Å². The van der Waals surface area contributed by atoms with E-state index in [9.17, 15) is 4.79 Å². The van der Waals surface area contributed by atoms with Crippen molar-refractivity contribution in [2.24, 2.45) is 0 Å². The molecular weight excluding hydrogens is 332 g/mol. The highest BCUT2D eigenvalue weighted by atomic mass is 16.5. The van der Waals surface area contributed by atoms with Crippen LogP contribution in [-0.4, -0.2) is 38.0 Å². The smallest absolute Gasteiger partial charge is 0.184 e. The molecule has 1 fully saturated rings. The average Bonchev–Trinajstić information content (AvgIpc) is 3.18. The fraction of sp³-hybridized carbons (Fsp3) is 0.450. The Labute approximate surface area is 152 Å². The lowest BCUT2D eigenvalue weighted by Gasteiger charge is -2.27. The number of hydrogen-bond acceptors (Lipinski definition) is 5. The fourth-order valence-corrected chi connectivity index (χ4v) is 3.83. The fourth-order valence-electron chi connectivity index (χ4n) is 3.83. The van der Waals surface area contributed by atoms with Crippen molar-refractivity contribution in [2.75, 3.05) is 32.7 Å². The number of anilines is 1. The minimum Gasteiger partial charge on any atom is -0.493 e. The molecular formula is C20H24N2O4. The largest absolute Gasteiger partial charge is 0.493 e. The molecule has 0 bridgehead atoms. The molecule has 1 aromatic heterocycles. The summed E-state index contributed by atoms with van der Waals surface area (Å²) in [5, 5.41) is 3.42. The second kappa shape index (κ2) is 7.03. The molecule has 26 heavy (non-hydrogen) atoms. The highest BCUT2D eigenvalue weighted by molar-refractivity contribution is 5.71. The van der Waals surface area contributed by atoms with Gasteiger partial charge in [-0.25, -0.2) is 0 Å². The van der Waals surface area contributed by atoms with Crippen molar-refractivity contribution in [1.29, 1.82) is 0 Å². The number of aromatic nitrogens is 1. The molecule has 0 amide bonds. The standard InChI is InChI=1S/C20H24N2O4/c1-24-18-8-13-5-6-22-17(16(13)11-19(18)25-2)9-14(23)10-20(22)21-12-15-4-3-7-26-15/h8-11,15,21H,3-7,12H2,1-2H3. The summed E-state index contributed by atoms with van der Waals surface area (Å²) >= 11 is 0. The van der Waals surface area contributed by atoms with Crippen molar-refractivity contribution in [1.82, 2.24) is 4.57 Å². The molecule has 138 valence electrons. The molecule has 2 aromatic rings. The normalized spacial score (nSPS) is 18.2. The molecule has 6 nitrogen and oxygen atoms in total. The Morgan fingerprint density at radius 1 is 1.19 bits per heavy atom. The van der Waals surface area contributed by atoms with E-state index in [4.69, 9.17) is 14.2 Å². The van der Waals surface area contributed by atoms with Crippen LogP contribution in [0.3, 0.4) is 0 Å². The number of nitrogens with zero attached hydrogens (tertiary/aromatic N) is 1. The van der Waals surface area contributed by atoms with Crippen LogP contribution in [0.4, 0.5) is 5.82 Å². The number of methoxy groups -OCH3 is 2. The van der Waals surface area contributed by atoms with Crippen molar-refractivity contribution < 1.29 is 14.2 Å². The number of benzene rings is 1. The second-order valence-corrected chi connectivity index (χ2v) is 6.74. The lowest BCUT2D eigenvalue weighted by molar-refractivity contribution is 0.120. The first kappa shape index (κ1) is 17.0. The van der Waals surface area contributed by atoms with Crippen molar-refractivity contribution in [2.45, 2.75) is 31.9 Å². The summed E-state index contributed by atoms with van der Waals surface area (Å²) in [5.74, 6) is 2.24. The number of hydrogen-bond donors (Lipinski definition) is 1. The lowest BCUT2D eigenvalue weighted by atomic mass is 9.96. The summed E-state index contributed by atoms with van der Waals surface area (Å²) in [6.07, 6.45) is 3.27. The first-order valence-electron chi connectivity index (χ1n) is 9.05. The Balaban J connectivity index is 1.73. The van der Waals surface area contributed by atoms with Crippen LogP contribution in [0.25, 0.3) is 11.3 Å². The third kappa shape index (κ3) is 3.05. The maximum absolute atomic E-state index is 12.3. The predicted octanol–water partition coefficient (Wildman–Crippen LogP) is 2.68. The van der Waals surface area contributed by atoms with Crippen molar-refractivity contribution >= 4 is 5.82 Å². The average molecular weight is 356 g/mol. The quantitative estimate of drug-likeness (QED) is 0.892. The van der Waals surface area contributed by atoms with Crippen molar-refractivity contribution in [3.05, 3.63) is 40.1 Å². The highest BCUT2D eigenvalue weighted by Gasteiger charge is 2.22. The molecule has 1 aromatic carbocycles. The van der Waals surface area contributed by atoms with E-state index < -0.39 is 0 Å². The van der Waals surface area contributed by atoms with Gasteiger partial charge >= 0.3 is 0 Å². The maximum Gasteiger partial charge on any atom is 0.184 e. The predicted molar refractivity (Wildman–Crippen MR) is 100 cm³/mol. The summed E-state index contributed by atoms with van der Waals surface area (Å²) in [6.45, 7) is 2.36. The first-order valence-corrected chi connectivity index (χ1v) is 9.05. The van der Waals surface area contributed by atoms with Gasteiger partial charge in [-0.15, -0.1) is 0 Å². The topological polar surface area (TPSA) is 61.7 Å². The molecule has 3 heterocycles. The van der Waals surface area contributed by atoms with Crippen LogP contribution in [0.15, 0.2) is 29.1 Å². The Morgan fingerprint density at radius 2 is 2.00 bits per heavy atom. The molecule has 1 saturated heterocycles. The lowest BCUT2D eigenvalue weighted by Crippen LogP contribution is -2.25. The molecule has 1 unspecified atom stereocenters. The van der Waals surface area contributed by atoms with Crippen LogP contribution in [0.2, 0.25) is 0 Å². The second-order valence-electron chi connectivity index (χ2n) is 6.74. The maximum atomic E-state index is 12.3. The highest BCUT2D eigenvalue weighted by Crippen LogP contribution is 2.38. The van der Waals surface area contributed by atoms with Crippen LogP contribution in [0.5, 0.6) is 11.5 Å². The molecule has 0 saturated carbocycles. The minimum absolute atomic E-state index is 0.00581. The number of aryl methyl sites for hydroxylation is 1. The van der Waals surface area contributed by atoms with Gasteiger partial charge in [0.1, 0.15) is 5.82 Å². The zero-order chi connectivity index (χ0) is 18.1. The van der Waals surface area contributed by atoms with Crippen LogP contribution in [0.1, 0.15) is 18.4 Å². The summed E-state index contributed by atoms with van der Waals surface area (Å²) in [6, 6.07) is 7.34. The summed E-state index contributed by atoms with van der Waals surface area (Å²) in [4.78, 5) is 12.3. The number of rotatable bonds is 5. The first-order chi connectivity index (χ1) is 12.7. The number of nitrogens with one attached hydrogen (secondary N) is 1.